The molecule has 0 aromatic heterocycles. The average molecular weight is 260 g/mol. The lowest BCUT2D eigenvalue weighted by molar-refractivity contribution is 0.0937. The molecule has 0 bridgehead atoms. The van der Waals surface area contributed by atoms with Gasteiger partial charge in [0.15, 0.2) is 11.6 Å². The number of hydrogen-bond acceptors (Lipinski definition) is 1. The van der Waals surface area contributed by atoms with Gasteiger partial charge in [-0.05, 0) is 25.0 Å². The normalized spacial score (nSPS) is 16.2. The van der Waals surface area contributed by atoms with Crippen LogP contribution in [0.15, 0.2) is 12.1 Å². The summed E-state index contributed by atoms with van der Waals surface area (Å²) >= 11 is 5.71. The number of nitrogens with one attached hydrogen (secondary N) is 1. The first-order valence-corrected chi connectivity index (χ1v) is 5.91. The Kier molecular flexibility index (Phi) is 3.62. The van der Waals surface area contributed by atoms with Gasteiger partial charge in [0, 0.05) is 6.04 Å². The Balaban J connectivity index is 2.15. The van der Waals surface area contributed by atoms with Gasteiger partial charge in [0.1, 0.15) is 0 Å². The van der Waals surface area contributed by atoms with Crippen LogP contribution in [0.2, 0.25) is 5.02 Å². The topological polar surface area (TPSA) is 29.1 Å². The van der Waals surface area contributed by atoms with Gasteiger partial charge in [-0.25, -0.2) is 8.78 Å². The Morgan fingerprint density at radius 2 is 1.82 bits per heavy atom. The van der Waals surface area contributed by atoms with E-state index in [1.54, 1.807) is 0 Å². The van der Waals surface area contributed by atoms with Crippen molar-refractivity contribution >= 4 is 17.5 Å². The van der Waals surface area contributed by atoms with E-state index < -0.39 is 17.5 Å². The van der Waals surface area contributed by atoms with Crippen LogP contribution < -0.4 is 5.32 Å². The lowest BCUT2D eigenvalue weighted by Crippen LogP contribution is -2.32. The monoisotopic (exact) mass is 259 g/mol. The highest BCUT2D eigenvalue weighted by atomic mass is 35.5. The molecule has 0 unspecified atom stereocenters. The Labute approximate surface area is 103 Å². The summed E-state index contributed by atoms with van der Waals surface area (Å²) in [6, 6.07) is 1.77. The standard InChI is InChI=1S/C12H12ClF2NO/c13-9-6-11(15)10(14)5-8(9)12(17)16-7-3-1-2-4-7/h5-7H,1-4H2,(H,16,17). The summed E-state index contributed by atoms with van der Waals surface area (Å²) in [7, 11) is 0. The van der Waals surface area contributed by atoms with E-state index in [9.17, 15) is 13.6 Å². The molecular formula is C12H12ClF2NO. The molecule has 0 atom stereocenters. The van der Waals surface area contributed by atoms with Crippen LogP contribution in [0.25, 0.3) is 0 Å². The fourth-order valence-electron chi connectivity index (χ4n) is 2.03. The summed E-state index contributed by atoms with van der Waals surface area (Å²) in [5, 5.41) is 2.70. The summed E-state index contributed by atoms with van der Waals surface area (Å²) in [5.41, 5.74) is -0.0162. The van der Waals surface area contributed by atoms with Crippen molar-refractivity contribution in [2.45, 2.75) is 31.7 Å². The van der Waals surface area contributed by atoms with Crippen LogP contribution in [0, 0.1) is 11.6 Å². The third-order valence-corrected chi connectivity index (χ3v) is 3.26. The second kappa shape index (κ2) is 5.00. The van der Waals surface area contributed by atoms with E-state index in [1.807, 2.05) is 0 Å². The second-order valence-electron chi connectivity index (χ2n) is 4.20. The zero-order valence-electron chi connectivity index (χ0n) is 9.10. The summed E-state index contributed by atoms with van der Waals surface area (Å²) in [6.07, 6.45) is 4.01. The summed E-state index contributed by atoms with van der Waals surface area (Å²) in [4.78, 5) is 11.8. The van der Waals surface area contributed by atoms with Crippen LogP contribution in [0.5, 0.6) is 0 Å². The molecule has 92 valence electrons. The highest BCUT2D eigenvalue weighted by Gasteiger charge is 2.20. The molecule has 5 heteroatoms. The molecule has 1 amide bonds. The maximum Gasteiger partial charge on any atom is 0.253 e. The van der Waals surface area contributed by atoms with Gasteiger partial charge in [0.2, 0.25) is 0 Å². The minimum Gasteiger partial charge on any atom is -0.349 e. The molecule has 1 aromatic rings. The number of carbonyl (C=O) groups is 1. The molecule has 0 spiro atoms. The van der Waals surface area contributed by atoms with Crippen LogP contribution in [-0.2, 0) is 0 Å². The van der Waals surface area contributed by atoms with Gasteiger partial charge in [-0.2, -0.15) is 0 Å². The van der Waals surface area contributed by atoms with Gasteiger partial charge >= 0.3 is 0 Å². The molecule has 0 saturated heterocycles. The highest BCUT2D eigenvalue weighted by Crippen LogP contribution is 2.22. The number of hydrogen-bond donors (Lipinski definition) is 1. The molecule has 0 aliphatic heterocycles. The molecule has 17 heavy (non-hydrogen) atoms. The largest absolute Gasteiger partial charge is 0.349 e. The third-order valence-electron chi connectivity index (χ3n) is 2.94. The van der Waals surface area contributed by atoms with Gasteiger partial charge in [-0.3, -0.25) is 4.79 Å². The minimum absolute atomic E-state index is 0.0162. The van der Waals surface area contributed by atoms with Crippen LogP contribution >= 0.6 is 11.6 Å². The number of amides is 1. The summed E-state index contributed by atoms with van der Waals surface area (Å²) in [6.45, 7) is 0. The predicted molar refractivity (Wildman–Crippen MR) is 61.1 cm³/mol. The fraction of sp³-hybridized carbons (Fsp3) is 0.417. The molecule has 1 saturated carbocycles. The molecule has 2 rings (SSSR count). The molecule has 0 heterocycles. The maximum absolute atomic E-state index is 13.0. The van der Waals surface area contributed by atoms with Gasteiger partial charge in [0.25, 0.3) is 5.91 Å². The number of rotatable bonds is 2. The molecule has 1 N–H and O–H groups in total. The van der Waals surface area contributed by atoms with Gasteiger partial charge in [-0.15, -0.1) is 0 Å². The van der Waals surface area contributed by atoms with Crippen molar-refractivity contribution in [2.75, 3.05) is 0 Å². The van der Waals surface area contributed by atoms with Crippen LogP contribution in [0.1, 0.15) is 36.0 Å². The van der Waals surface area contributed by atoms with Gasteiger partial charge in [-0.1, -0.05) is 24.4 Å². The molecule has 2 nitrogen and oxygen atoms in total. The van der Waals surface area contributed by atoms with Crippen molar-refractivity contribution in [3.05, 3.63) is 34.4 Å². The van der Waals surface area contributed by atoms with E-state index in [0.29, 0.717) is 0 Å². The third kappa shape index (κ3) is 2.75. The first-order chi connectivity index (χ1) is 8.08. The van der Waals surface area contributed by atoms with Crippen LogP contribution in [-0.4, -0.2) is 11.9 Å². The number of halogens is 3. The van der Waals surface area contributed by atoms with E-state index in [-0.39, 0.29) is 16.6 Å². The molecule has 1 aliphatic carbocycles. The zero-order chi connectivity index (χ0) is 12.4. The van der Waals surface area contributed by atoms with Crippen LogP contribution in [0.4, 0.5) is 8.78 Å². The van der Waals surface area contributed by atoms with E-state index in [4.69, 9.17) is 11.6 Å². The van der Waals surface area contributed by atoms with E-state index in [2.05, 4.69) is 5.32 Å². The maximum atomic E-state index is 13.0. The Bertz CT molecular complexity index is 444. The number of benzene rings is 1. The average Bonchev–Trinajstić information content (AvgIpc) is 2.76. The lowest BCUT2D eigenvalue weighted by atomic mass is 10.1. The first-order valence-electron chi connectivity index (χ1n) is 5.53. The Morgan fingerprint density at radius 1 is 1.24 bits per heavy atom. The van der Waals surface area contributed by atoms with Crippen molar-refractivity contribution in [3.63, 3.8) is 0 Å². The smallest absolute Gasteiger partial charge is 0.253 e. The Hall–Kier alpha value is -1.16. The van der Waals surface area contributed by atoms with Crippen molar-refractivity contribution in [1.82, 2.24) is 5.32 Å². The van der Waals surface area contributed by atoms with E-state index >= 15 is 0 Å². The van der Waals surface area contributed by atoms with Gasteiger partial charge in [0.05, 0.1) is 10.6 Å². The first kappa shape index (κ1) is 12.3. The number of carbonyl (C=O) groups excluding carboxylic acids is 1. The fourth-order valence-corrected chi connectivity index (χ4v) is 2.27. The molecule has 1 fully saturated rings. The van der Waals surface area contributed by atoms with Crippen LogP contribution in [0.3, 0.4) is 0 Å². The SMILES string of the molecule is O=C(NC1CCCC1)c1cc(F)c(F)cc1Cl. The minimum atomic E-state index is -1.06. The molecular weight excluding hydrogens is 248 g/mol. The molecule has 1 aliphatic rings. The predicted octanol–water partition coefficient (Wildman–Crippen LogP) is 3.29. The van der Waals surface area contributed by atoms with Crippen molar-refractivity contribution in [1.29, 1.82) is 0 Å². The van der Waals surface area contributed by atoms with Crippen molar-refractivity contribution in [2.24, 2.45) is 0 Å². The van der Waals surface area contributed by atoms with Crippen molar-refractivity contribution in [3.8, 4) is 0 Å². The molecule has 1 aromatic carbocycles. The van der Waals surface area contributed by atoms with Crippen molar-refractivity contribution < 1.29 is 13.6 Å². The highest BCUT2D eigenvalue weighted by molar-refractivity contribution is 6.33. The second-order valence-corrected chi connectivity index (χ2v) is 4.61. The summed E-state index contributed by atoms with van der Waals surface area (Å²) in [5.74, 6) is -2.56. The zero-order valence-corrected chi connectivity index (χ0v) is 9.86. The van der Waals surface area contributed by atoms with E-state index in [1.165, 1.54) is 0 Å². The summed E-state index contributed by atoms with van der Waals surface area (Å²) < 4.78 is 25.9. The lowest BCUT2D eigenvalue weighted by Gasteiger charge is -2.12. The molecule has 0 radical (unpaired) electrons. The van der Waals surface area contributed by atoms with Gasteiger partial charge < -0.3 is 5.32 Å². The quantitative estimate of drug-likeness (QED) is 0.812. The van der Waals surface area contributed by atoms with E-state index in [0.717, 1.165) is 37.8 Å². The Morgan fingerprint density at radius 3 is 2.47 bits per heavy atom.